The van der Waals surface area contributed by atoms with Gasteiger partial charge in [0.05, 0.1) is 6.04 Å². The average Bonchev–Trinajstić information content (AvgIpc) is 2.37. The third-order valence-electron chi connectivity index (χ3n) is 2.85. The van der Waals surface area contributed by atoms with Crippen LogP contribution >= 0.6 is 27.5 Å². The summed E-state index contributed by atoms with van der Waals surface area (Å²) in [6.07, 6.45) is 0. The molecule has 0 heterocycles. The van der Waals surface area contributed by atoms with Gasteiger partial charge in [0, 0.05) is 15.1 Å². The lowest BCUT2D eigenvalue weighted by Gasteiger charge is -2.20. The van der Waals surface area contributed by atoms with Crippen molar-refractivity contribution in [1.82, 2.24) is 5.32 Å². The fourth-order valence-corrected chi connectivity index (χ4v) is 2.63. The largest absolute Gasteiger partial charge is 0.309 e. The Balaban J connectivity index is 2.59. The number of hydrogen-bond donors (Lipinski definition) is 1. The maximum absolute atomic E-state index is 13.9. The van der Waals surface area contributed by atoms with Crippen LogP contribution in [-0.4, -0.2) is 7.05 Å². The first kappa shape index (κ1) is 14.4. The molecule has 1 nitrogen and oxygen atoms in total. The first-order chi connectivity index (χ1) is 9.04. The minimum atomic E-state index is -0.616. The first-order valence-electron chi connectivity index (χ1n) is 5.60. The van der Waals surface area contributed by atoms with Crippen LogP contribution in [0.5, 0.6) is 0 Å². The Kier molecular flexibility index (Phi) is 4.55. The molecule has 1 N–H and O–H groups in total. The average molecular weight is 347 g/mol. The molecule has 2 aromatic rings. The van der Waals surface area contributed by atoms with Gasteiger partial charge >= 0.3 is 0 Å². The van der Waals surface area contributed by atoms with E-state index in [-0.39, 0.29) is 5.56 Å². The Morgan fingerprint density at radius 2 is 1.79 bits per heavy atom. The summed E-state index contributed by atoms with van der Waals surface area (Å²) >= 11 is 9.32. The zero-order chi connectivity index (χ0) is 14.0. The molecule has 0 radical (unpaired) electrons. The lowest BCUT2D eigenvalue weighted by molar-refractivity contribution is 0.521. The van der Waals surface area contributed by atoms with Crippen molar-refractivity contribution in [2.24, 2.45) is 0 Å². The highest BCUT2D eigenvalue weighted by Gasteiger charge is 2.22. The lowest BCUT2D eigenvalue weighted by Crippen LogP contribution is -2.21. The van der Waals surface area contributed by atoms with Crippen LogP contribution < -0.4 is 5.32 Å². The van der Waals surface area contributed by atoms with Gasteiger partial charge < -0.3 is 5.32 Å². The van der Waals surface area contributed by atoms with Crippen molar-refractivity contribution in [2.45, 2.75) is 6.04 Å². The summed E-state index contributed by atoms with van der Waals surface area (Å²) in [6.45, 7) is 0. The Labute approximate surface area is 123 Å². The van der Waals surface area contributed by atoms with Crippen molar-refractivity contribution in [3.63, 3.8) is 0 Å². The molecule has 2 rings (SSSR count). The molecule has 1 unspecified atom stereocenters. The van der Waals surface area contributed by atoms with E-state index >= 15 is 0 Å². The van der Waals surface area contributed by atoms with Crippen LogP contribution in [0.25, 0.3) is 0 Å². The minimum Gasteiger partial charge on any atom is -0.309 e. The summed E-state index contributed by atoms with van der Waals surface area (Å²) in [5, 5.41) is 3.43. The molecule has 0 saturated carbocycles. The van der Waals surface area contributed by atoms with Crippen LogP contribution in [0.2, 0.25) is 5.02 Å². The highest BCUT2D eigenvalue weighted by atomic mass is 79.9. The summed E-state index contributed by atoms with van der Waals surface area (Å²) in [7, 11) is 1.64. The van der Waals surface area contributed by atoms with Gasteiger partial charge in [-0.1, -0.05) is 33.6 Å². The van der Waals surface area contributed by atoms with Crippen molar-refractivity contribution in [3.05, 3.63) is 68.7 Å². The molecule has 2 aromatic carbocycles. The first-order valence-corrected chi connectivity index (χ1v) is 6.77. The van der Waals surface area contributed by atoms with Crippen LogP contribution in [0.1, 0.15) is 17.2 Å². The van der Waals surface area contributed by atoms with Gasteiger partial charge in [0.25, 0.3) is 0 Å². The Morgan fingerprint density at radius 1 is 1.16 bits per heavy atom. The highest BCUT2D eigenvalue weighted by Crippen LogP contribution is 2.33. The third kappa shape index (κ3) is 2.96. The van der Waals surface area contributed by atoms with Gasteiger partial charge in [-0.25, -0.2) is 8.78 Å². The molecular weight excluding hydrogens is 336 g/mol. The van der Waals surface area contributed by atoms with E-state index in [1.165, 1.54) is 18.2 Å². The zero-order valence-electron chi connectivity index (χ0n) is 10.1. The quantitative estimate of drug-likeness (QED) is 0.850. The number of hydrogen-bond acceptors (Lipinski definition) is 1. The third-order valence-corrected chi connectivity index (χ3v) is 3.80. The molecule has 0 aliphatic rings. The number of halogens is 4. The highest BCUT2D eigenvalue weighted by molar-refractivity contribution is 9.10. The molecule has 0 aliphatic carbocycles. The second-order valence-electron chi connectivity index (χ2n) is 4.02. The van der Waals surface area contributed by atoms with Crippen molar-refractivity contribution in [2.75, 3.05) is 7.05 Å². The molecule has 0 aromatic heterocycles. The Bertz CT molecular complexity index is 584. The zero-order valence-corrected chi connectivity index (χ0v) is 12.4. The van der Waals surface area contributed by atoms with Gasteiger partial charge in [0.15, 0.2) is 0 Å². The SMILES string of the molecule is CNC(c1cc(Cl)ccc1Br)c1c(F)cccc1F. The number of benzene rings is 2. The van der Waals surface area contributed by atoms with Crippen LogP contribution in [0, 0.1) is 11.6 Å². The molecule has 0 saturated heterocycles. The van der Waals surface area contributed by atoms with Crippen LogP contribution in [-0.2, 0) is 0 Å². The normalized spacial score (nSPS) is 12.5. The van der Waals surface area contributed by atoms with E-state index < -0.39 is 17.7 Å². The van der Waals surface area contributed by atoms with Gasteiger partial charge in [-0.3, -0.25) is 0 Å². The van der Waals surface area contributed by atoms with Gasteiger partial charge in [0.2, 0.25) is 0 Å². The standard InChI is InChI=1S/C14H11BrClF2N/c1-19-14(9-7-8(16)5-6-10(9)15)13-11(17)3-2-4-12(13)18/h2-7,14,19H,1H3. The van der Waals surface area contributed by atoms with Crippen molar-refractivity contribution in [3.8, 4) is 0 Å². The molecule has 0 bridgehead atoms. The van der Waals surface area contributed by atoms with Crippen LogP contribution in [0.3, 0.4) is 0 Å². The van der Waals surface area contributed by atoms with Crippen LogP contribution in [0.4, 0.5) is 8.78 Å². The maximum atomic E-state index is 13.9. The van der Waals surface area contributed by atoms with Crippen molar-refractivity contribution < 1.29 is 8.78 Å². The van der Waals surface area contributed by atoms with Crippen LogP contribution in [0.15, 0.2) is 40.9 Å². The van der Waals surface area contributed by atoms with E-state index in [1.807, 2.05) is 0 Å². The maximum Gasteiger partial charge on any atom is 0.131 e. The smallest absolute Gasteiger partial charge is 0.131 e. The molecule has 0 aliphatic heterocycles. The van der Waals surface area contributed by atoms with E-state index in [1.54, 1.807) is 25.2 Å². The Morgan fingerprint density at radius 3 is 2.37 bits per heavy atom. The second kappa shape index (κ2) is 5.99. The lowest BCUT2D eigenvalue weighted by atomic mass is 9.98. The fourth-order valence-electron chi connectivity index (χ4n) is 1.98. The molecule has 0 amide bonds. The van der Waals surface area contributed by atoms with Crippen molar-refractivity contribution in [1.29, 1.82) is 0 Å². The molecular formula is C14H11BrClF2N. The molecule has 5 heteroatoms. The summed E-state index contributed by atoms with van der Waals surface area (Å²) < 4.78 is 28.5. The van der Waals surface area contributed by atoms with Gasteiger partial charge in [0.1, 0.15) is 11.6 Å². The van der Waals surface area contributed by atoms with Crippen molar-refractivity contribution >= 4 is 27.5 Å². The Hall–Kier alpha value is -0.970. The minimum absolute atomic E-state index is 0.0204. The fraction of sp³-hybridized carbons (Fsp3) is 0.143. The predicted molar refractivity (Wildman–Crippen MR) is 76.4 cm³/mol. The predicted octanol–water partition coefficient (Wildman–Crippen LogP) is 4.69. The number of nitrogens with one attached hydrogen (secondary N) is 1. The summed E-state index contributed by atoms with van der Waals surface area (Å²) in [6, 6.07) is 8.34. The molecule has 19 heavy (non-hydrogen) atoms. The molecule has 1 atom stereocenters. The monoisotopic (exact) mass is 345 g/mol. The van der Waals surface area contributed by atoms with Gasteiger partial charge in [-0.2, -0.15) is 0 Å². The molecule has 100 valence electrons. The van der Waals surface area contributed by atoms with E-state index in [2.05, 4.69) is 21.2 Å². The van der Waals surface area contributed by atoms with E-state index in [0.29, 0.717) is 10.6 Å². The van der Waals surface area contributed by atoms with Gasteiger partial charge in [-0.05, 0) is 42.9 Å². The van der Waals surface area contributed by atoms with E-state index in [0.717, 1.165) is 4.47 Å². The molecule has 0 fully saturated rings. The second-order valence-corrected chi connectivity index (χ2v) is 5.31. The van der Waals surface area contributed by atoms with E-state index in [4.69, 9.17) is 11.6 Å². The van der Waals surface area contributed by atoms with E-state index in [9.17, 15) is 8.78 Å². The van der Waals surface area contributed by atoms with Gasteiger partial charge in [-0.15, -0.1) is 0 Å². The summed E-state index contributed by atoms with van der Waals surface area (Å²) in [5.41, 5.74) is 0.659. The summed E-state index contributed by atoms with van der Waals surface area (Å²) in [4.78, 5) is 0. The summed E-state index contributed by atoms with van der Waals surface area (Å²) in [5.74, 6) is -1.18. The number of rotatable bonds is 3. The molecule has 0 spiro atoms. The topological polar surface area (TPSA) is 12.0 Å².